The van der Waals surface area contributed by atoms with Gasteiger partial charge in [0.25, 0.3) is 5.91 Å². The fourth-order valence-electron chi connectivity index (χ4n) is 5.03. The number of rotatable bonds is 5. The van der Waals surface area contributed by atoms with Crippen molar-refractivity contribution < 1.29 is 18.7 Å². The van der Waals surface area contributed by atoms with Crippen LogP contribution in [0.1, 0.15) is 22.5 Å². The molecule has 1 aromatic carbocycles. The average Bonchev–Trinajstić information content (AvgIpc) is 3.58. The number of fused-ring (bicyclic) bond motifs is 3. The summed E-state index contributed by atoms with van der Waals surface area (Å²) >= 11 is 0. The van der Waals surface area contributed by atoms with Gasteiger partial charge in [-0.15, -0.1) is 0 Å². The summed E-state index contributed by atoms with van der Waals surface area (Å²) < 4.78 is 17.1. The Morgan fingerprint density at radius 1 is 1.12 bits per heavy atom. The van der Waals surface area contributed by atoms with Crippen LogP contribution in [0.15, 0.2) is 47.0 Å². The van der Waals surface area contributed by atoms with Crippen LogP contribution in [0.4, 0.5) is 0 Å². The van der Waals surface area contributed by atoms with Crippen molar-refractivity contribution in [3.05, 3.63) is 53.9 Å². The van der Waals surface area contributed by atoms with E-state index in [0.717, 1.165) is 54.1 Å². The first-order valence-corrected chi connectivity index (χ1v) is 11.4. The van der Waals surface area contributed by atoms with E-state index in [2.05, 4.69) is 22.0 Å². The number of likely N-dealkylation sites (tertiary alicyclic amines) is 1. The maximum absolute atomic E-state index is 12.6. The summed E-state index contributed by atoms with van der Waals surface area (Å²) in [5.41, 5.74) is 3.38. The largest absolute Gasteiger partial charge is 0.461 e. The number of aromatic nitrogens is 1. The molecule has 3 aromatic rings. The monoisotopic (exact) mass is 433 g/mol. The second-order valence-electron chi connectivity index (χ2n) is 8.89. The normalized spacial score (nSPS) is 23.3. The van der Waals surface area contributed by atoms with Gasteiger partial charge < -0.3 is 18.8 Å². The van der Waals surface area contributed by atoms with Gasteiger partial charge in [-0.25, -0.2) is 0 Å². The highest BCUT2D eigenvalue weighted by Crippen LogP contribution is 2.29. The smallest absolute Gasteiger partial charge is 0.255 e. The van der Waals surface area contributed by atoms with E-state index in [4.69, 9.17) is 13.9 Å². The lowest BCUT2D eigenvalue weighted by atomic mass is 10.1. The number of morpholine rings is 2. The number of amides is 1. The maximum Gasteiger partial charge on any atom is 0.255 e. The van der Waals surface area contributed by atoms with E-state index in [1.165, 1.54) is 6.42 Å². The molecule has 2 unspecified atom stereocenters. The van der Waals surface area contributed by atoms with Crippen LogP contribution in [0.2, 0.25) is 0 Å². The molecule has 3 saturated heterocycles. The zero-order valence-corrected chi connectivity index (χ0v) is 18.0. The Balaban J connectivity index is 1.14. The lowest BCUT2D eigenvalue weighted by Crippen LogP contribution is -2.40. The van der Waals surface area contributed by atoms with Gasteiger partial charge >= 0.3 is 0 Å². The lowest BCUT2D eigenvalue weighted by Gasteiger charge is -2.26. The molecule has 5 heterocycles. The van der Waals surface area contributed by atoms with Crippen LogP contribution < -0.4 is 0 Å². The molecule has 0 radical (unpaired) electrons. The first-order valence-electron chi connectivity index (χ1n) is 11.4. The van der Waals surface area contributed by atoms with Gasteiger partial charge in [-0.2, -0.15) is 0 Å². The Kier molecular flexibility index (Phi) is 5.17. The first kappa shape index (κ1) is 19.9. The SMILES string of the molecule is O=C(c1ccc(-c2ccc3oc(CCN4CC5CC4CO5)cc3c2)nc1)N1CCOCC1. The second-order valence-corrected chi connectivity index (χ2v) is 8.89. The van der Waals surface area contributed by atoms with Crippen LogP contribution >= 0.6 is 0 Å². The van der Waals surface area contributed by atoms with Crippen molar-refractivity contribution in [2.24, 2.45) is 0 Å². The summed E-state index contributed by atoms with van der Waals surface area (Å²) in [5.74, 6) is 1.03. The predicted octanol–water partition coefficient (Wildman–Crippen LogP) is 2.98. The van der Waals surface area contributed by atoms with Crippen molar-refractivity contribution in [3.63, 3.8) is 0 Å². The van der Waals surface area contributed by atoms with E-state index >= 15 is 0 Å². The van der Waals surface area contributed by atoms with Crippen LogP contribution in [-0.2, 0) is 15.9 Å². The van der Waals surface area contributed by atoms with Gasteiger partial charge in [0.05, 0.1) is 37.2 Å². The molecule has 0 saturated carbocycles. The van der Waals surface area contributed by atoms with Gasteiger partial charge in [-0.3, -0.25) is 14.7 Å². The van der Waals surface area contributed by atoms with Crippen LogP contribution in [0, 0.1) is 0 Å². The molecular formula is C25H27N3O4. The molecule has 32 heavy (non-hydrogen) atoms. The highest BCUT2D eigenvalue weighted by molar-refractivity contribution is 5.94. The molecule has 166 valence electrons. The number of pyridine rings is 1. The topological polar surface area (TPSA) is 68.0 Å². The van der Waals surface area contributed by atoms with Crippen LogP contribution in [0.5, 0.6) is 0 Å². The van der Waals surface area contributed by atoms with Crippen molar-refractivity contribution in [2.75, 3.05) is 46.0 Å². The van der Waals surface area contributed by atoms with Gasteiger partial charge in [0, 0.05) is 55.8 Å². The Morgan fingerprint density at radius 2 is 2.03 bits per heavy atom. The molecule has 3 aliphatic rings. The quantitative estimate of drug-likeness (QED) is 0.616. The van der Waals surface area contributed by atoms with E-state index in [-0.39, 0.29) is 5.91 Å². The van der Waals surface area contributed by atoms with Gasteiger partial charge in [0.1, 0.15) is 11.3 Å². The predicted molar refractivity (Wildman–Crippen MR) is 120 cm³/mol. The van der Waals surface area contributed by atoms with Crippen LogP contribution in [-0.4, -0.2) is 78.8 Å². The number of carbonyl (C=O) groups excluding carboxylic acids is 1. The van der Waals surface area contributed by atoms with Crippen molar-refractivity contribution in [1.82, 2.24) is 14.8 Å². The molecule has 2 atom stereocenters. The highest BCUT2D eigenvalue weighted by Gasteiger charge is 2.38. The number of hydrogen-bond donors (Lipinski definition) is 0. The first-order chi connectivity index (χ1) is 15.7. The summed E-state index contributed by atoms with van der Waals surface area (Å²) in [6, 6.07) is 12.6. The number of furan rings is 1. The van der Waals surface area contributed by atoms with Crippen molar-refractivity contribution >= 4 is 16.9 Å². The third kappa shape index (κ3) is 3.81. The molecule has 2 aromatic heterocycles. The molecule has 2 bridgehead atoms. The second kappa shape index (κ2) is 8.31. The molecule has 3 fully saturated rings. The minimum absolute atomic E-state index is 0.0139. The van der Waals surface area contributed by atoms with Crippen molar-refractivity contribution in [3.8, 4) is 11.3 Å². The number of hydrogen-bond acceptors (Lipinski definition) is 6. The summed E-state index contributed by atoms with van der Waals surface area (Å²) in [6.45, 7) is 5.38. The van der Waals surface area contributed by atoms with Crippen LogP contribution in [0.3, 0.4) is 0 Å². The number of benzene rings is 1. The van der Waals surface area contributed by atoms with E-state index in [1.54, 1.807) is 6.20 Å². The van der Waals surface area contributed by atoms with Gasteiger partial charge in [0.15, 0.2) is 0 Å². The highest BCUT2D eigenvalue weighted by atomic mass is 16.5. The molecular weight excluding hydrogens is 406 g/mol. The number of ether oxygens (including phenoxy) is 2. The minimum Gasteiger partial charge on any atom is -0.461 e. The summed E-state index contributed by atoms with van der Waals surface area (Å²) in [7, 11) is 0. The van der Waals surface area contributed by atoms with Gasteiger partial charge in [0.2, 0.25) is 0 Å². The van der Waals surface area contributed by atoms with Gasteiger partial charge in [-0.1, -0.05) is 0 Å². The average molecular weight is 434 g/mol. The Labute approximate surface area is 186 Å². The Hall–Kier alpha value is -2.74. The molecule has 0 aliphatic carbocycles. The summed E-state index contributed by atoms with van der Waals surface area (Å²) in [4.78, 5) is 21.5. The van der Waals surface area contributed by atoms with E-state index in [1.807, 2.05) is 29.2 Å². The molecule has 0 N–H and O–H groups in total. The molecule has 3 aliphatic heterocycles. The third-order valence-corrected chi connectivity index (χ3v) is 6.83. The Bertz CT molecular complexity index is 1120. The zero-order valence-electron chi connectivity index (χ0n) is 18.0. The lowest BCUT2D eigenvalue weighted by molar-refractivity contribution is 0.0302. The number of nitrogens with zero attached hydrogens (tertiary/aromatic N) is 3. The van der Waals surface area contributed by atoms with Crippen LogP contribution in [0.25, 0.3) is 22.2 Å². The van der Waals surface area contributed by atoms with Crippen molar-refractivity contribution in [2.45, 2.75) is 25.0 Å². The molecule has 6 rings (SSSR count). The molecule has 7 nitrogen and oxygen atoms in total. The molecule has 0 spiro atoms. The fourth-order valence-corrected chi connectivity index (χ4v) is 5.03. The van der Waals surface area contributed by atoms with E-state index in [0.29, 0.717) is 44.0 Å². The fraction of sp³-hybridized carbons (Fsp3) is 0.440. The van der Waals surface area contributed by atoms with E-state index in [9.17, 15) is 4.79 Å². The molecule has 1 amide bonds. The number of carbonyl (C=O) groups is 1. The minimum atomic E-state index is 0.0139. The Morgan fingerprint density at radius 3 is 2.78 bits per heavy atom. The van der Waals surface area contributed by atoms with Gasteiger partial charge in [-0.05, 0) is 42.8 Å². The zero-order chi connectivity index (χ0) is 21.5. The summed E-state index contributed by atoms with van der Waals surface area (Å²) in [6.07, 6.45) is 4.18. The molecule has 7 heteroatoms. The standard InChI is InChI=1S/C25H27N3O4/c29-25(27-7-9-30-10-8-27)18-1-3-23(26-14-18)17-2-4-24-19(11-17)12-21(32-24)5-6-28-15-22-13-20(28)16-31-22/h1-4,11-12,14,20,22H,5-10,13,15-16H2. The third-order valence-electron chi connectivity index (χ3n) is 6.83. The maximum atomic E-state index is 12.6. The van der Waals surface area contributed by atoms with Crippen molar-refractivity contribution in [1.29, 1.82) is 0 Å². The summed E-state index contributed by atoms with van der Waals surface area (Å²) in [5, 5.41) is 1.08. The van der Waals surface area contributed by atoms with E-state index < -0.39 is 0 Å².